The topological polar surface area (TPSA) is 20.3 Å². The van der Waals surface area contributed by atoms with Crippen LogP contribution in [0.2, 0.25) is 0 Å². The van der Waals surface area contributed by atoms with Crippen molar-refractivity contribution in [1.29, 1.82) is 0 Å². The van der Waals surface area contributed by atoms with E-state index in [0.29, 0.717) is 5.92 Å². The highest BCUT2D eigenvalue weighted by Gasteiger charge is 2.61. The molecule has 2 atom stereocenters. The summed E-state index contributed by atoms with van der Waals surface area (Å²) in [7, 11) is 0. The van der Waals surface area contributed by atoms with Crippen LogP contribution in [0.4, 0.5) is 0 Å². The molecule has 130 valence electrons. The summed E-state index contributed by atoms with van der Waals surface area (Å²) in [5, 5.41) is 0. The van der Waals surface area contributed by atoms with Crippen LogP contribution in [0.5, 0.6) is 0 Å². The summed E-state index contributed by atoms with van der Waals surface area (Å²) >= 11 is 11.6. The zero-order valence-corrected chi connectivity index (χ0v) is 15.9. The standard InChI is InChI=1S/C20H25Cl2NO/c1-20(2)16(13-17(21)22)18(20)19(24)23-10-8-15(9-11-23)12-14-6-4-3-5-7-14/h3-7,13,15-16,18H,8-12H2,1-2H3/t16-,18+/m1/s1. The van der Waals surface area contributed by atoms with Crippen LogP contribution in [-0.4, -0.2) is 23.9 Å². The Balaban J connectivity index is 1.53. The van der Waals surface area contributed by atoms with Crippen LogP contribution in [0.1, 0.15) is 32.3 Å². The second-order valence-electron chi connectivity index (χ2n) is 7.74. The lowest BCUT2D eigenvalue weighted by Gasteiger charge is -2.32. The van der Waals surface area contributed by atoms with Crippen LogP contribution in [0.15, 0.2) is 40.9 Å². The minimum atomic E-state index is -0.0347. The summed E-state index contributed by atoms with van der Waals surface area (Å²) in [6.45, 7) is 5.98. The maximum atomic E-state index is 12.8. The fraction of sp³-hybridized carbons (Fsp3) is 0.550. The van der Waals surface area contributed by atoms with Crippen LogP contribution in [-0.2, 0) is 11.2 Å². The van der Waals surface area contributed by atoms with E-state index in [9.17, 15) is 4.79 Å². The van der Waals surface area contributed by atoms with Crippen molar-refractivity contribution >= 4 is 29.1 Å². The monoisotopic (exact) mass is 365 g/mol. The van der Waals surface area contributed by atoms with E-state index in [0.717, 1.165) is 32.4 Å². The van der Waals surface area contributed by atoms with Gasteiger partial charge in [-0.15, -0.1) is 0 Å². The Morgan fingerprint density at radius 2 is 1.83 bits per heavy atom. The van der Waals surface area contributed by atoms with Gasteiger partial charge in [-0.1, -0.05) is 67.4 Å². The average Bonchev–Trinajstić information content (AvgIpc) is 3.08. The van der Waals surface area contributed by atoms with Crippen molar-refractivity contribution in [1.82, 2.24) is 4.90 Å². The molecule has 1 aromatic carbocycles. The van der Waals surface area contributed by atoms with Gasteiger partial charge in [-0.25, -0.2) is 0 Å². The largest absolute Gasteiger partial charge is 0.342 e. The molecule has 0 unspecified atom stereocenters. The molecule has 1 saturated heterocycles. The Hall–Kier alpha value is -0.990. The molecule has 0 radical (unpaired) electrons. The Labute approximate surface area is 154 Å². The molecule has 2 aliphatic rings. The van der Waals surface area contributed by atoms with E-state index in [1.54, 1.807) is 0 Å². The van der Waals surface area contributed by atoms with Gasteiger partial charge < -0.3 is 4.90 Å². The summed E-state index contributed by atoms with van der Waals surface area (Å²) in [5.74, 6) is 1.14. The van der Waals surface area contributed by atoms with E-state index in [4.69, 9.17) is 23.2 Å². The lowest BCUT2D eigenvalue weighted by Crippen LogP contribution is -2.40. The smallest absolute Gasteiger partial charge is 0.226 e. The summed E-state index contributed by atoms with van der Waals surface area (Å²) in [6.07, 6.45) is 5.12. The quantitative estimate of drug-likeness (QED) is 0.730. The predicted molar refractivity (Wildman–Crippen MR) is 100 cm³/mol. The van der Waals surface area contributed by atoms with Crippen LogP contribution < -0.4 is 0 Å². The SMILES string of the molecule is CC1(C)[C@H](C=C(Cl)Cl)[C@H]1C(=O)N1CCC(Cc2ccccc2)CC1. The average molecular weight is 366 g/mol. The molecule has 1 aromatic rings. The van der Waals surface area contributed by atoms with Crippen molar-refractivity contribution < 1.29 is 4.79 Å². The molecule has 1 aliphatic carbocycles. The number of carbonyl (C=O) groups is 1. The van der Waals surface area contributed by atoms with Gasteiger partial charge in [0.1, 0.15) is 4.49 Å². The first-order chi connectivity index (χ1) is 11.4. The molecule has 0 bridgehead atoms. The molecule has 0 N–H and O–H groups in total. The molecular formula is C20H25Cl2NO. The van der Waals surface area contributed by atoms with E-state index in [1.165, 1.54) is 5.56 Å². The maximum Gasteiger partial charge on any atom is 0.226 e. The second kappa shape index (κ2) is 7.09. The van der Waals surface area contributed by atoms with Crippen LogP contribution in [0.25, 0.3) is 0 Å². The number of rotatable bonds is 4. The van der Waals surface area contributed by atoms with E-state index in [-0.39, 0.29) is 27.6 Å². The molecule has 2 fully saturated rings. The van der Waals surface area contributed by atoms with Gasteiger partial charge in [-0.3, -0.25) is 4.79 Å². The first-order valence-electron chi connectivity index (χ1n) is 8.75. The molecule has 1 heterocycles. The van der Waals surface area contributed by atoms with Gasteiger partial charge >= 0.3 is 0 Å². The van der Waals surface area contributed by atoms with Gasteiger partial charge in [0.05, 0.1) is 5.92 Å². The van der Waals surface area contributed by atoms with Crippen molar-refractivity contribution in [2.24, 2.45) is 23.2 Å². The fourth-order valence-corrected chi connectivity index (χ4v) is 4.37. The molecule has 1 aliphatic heterocycles. The Morgan fingerprint density at radius 1 is 1.21 bits per heavy atom. The fourth-order valence-electron chi connectivity index (χ4n) is 4.10. The van der Waals surface area contributed by atoms with Crippen molar-refractivity contribution in [2.75, 3.05) is 13.1 Å². The lowest BCUT2D eigenvalue weighted by atomic mass is 9.90. The van der Waals surface area contributed by atoms with E-state index in [2.05, 4.69) is 44.2 Å². The molecule has 2 nitrogen and oxygen atoms in total. The number of benzene rings is 1. The minimum absolute atomic E-state index is 0.0238. The zero-order chi connectivity index (χ0) is 17.3. The van der Waals surface area contributed by atoms with Gasteiger partial charge in [0.2, 0.25) is 5.91 Å². The summed E-state index contributed by atoms with van der Waals surface area (Å²) in [4.78, 5) is 14.9. The Bertz CT molecular complexity index is 614. The molecule has 3 rings (SSSR count). The van der Waals surface area contributed by atoms with Crippen molar-refractivity contribution in [2.45, 2.75) is 33.1 Å². The van der Waals surface area contributed by atoms with Gasteiger partial charge in [0, 0.05) is 13.1 Å². The summed E-state index contributed by atoms with van der Waals surface area (Å²) < 4.78 is 0.268. The normalized spacial score (nSPS) is 26.1. The third kappa shape index (κ3) is 3.81. The van der Waals surface area contributed by atoms with Gasteiger partial charge in [0.15, 0.2) is 0 Å². The minimum Gasteiger partial charge on any atom is -0.342 e. The number of allylic oxidation sites excluding steroid dienone is 1. The van der Waals surface area contributed by atoms with Gasteiger partial charge in [0.25, 0.3) is 0 Å². The second-order valence-corrected chi connectivity index (χ2v) is 8.75. The number of piperidine rings is 1. The number of hydrogen-bond acceptors (Lipinski definition) is 1. The van der Waals surface area contributed by atoms with Gasteiger partial charge in [-0.05, 0) is 48.2 Å². The van der Waals surface area contributed by atoms with Crippen molar-refractivity contribution in [3.05, 3.63) is 46.5 Å². The highest BCUT2D eigenvalue weighted by molar-refractivity contribution is 6.55. The lowest BCUT2D eigenvalue weighted by molar-refractivity contribution is -0.134. The van der Waals surface area contributed by atoms with E-state index >= 15 is 0 Å². The number of halogens is 2. The number of nitrogens with zero attached hydrogens (tertiary/aromatic N) is 1. The summed E-state index contributed by atoms with van der Waals surface area (Å²) in [5.41, 5.74) is 1.36. The first kappa shape index (κ1) is 17.8. The van der Waals surface area contributed by atoms with Crippen LogP contribution in [0.3, 0.4) is 0 Å². The van der Waals surface area contributed by atoms with E-state index in [1.807, 2.05) is 11.0 Å². The van der Waals surface area contributed by atoms with Crippen molar-refractivity contribution in [3.8, 4) is 0 Å². The highest BCUT2D eigenvalue weighted by atomic mass is 35.5. The van der Waals surface area contributed by atoms with Gasteiger partial charge in [-0.2, -0.15) is 0 Å². The first-order valence-corrected chi connectivity index (χ1v) is 9.50. The molecule has 24 heavy (non-hydrogen) atoms. The third-order valence-corrected chi connectivity index (χ3v) is 6.03. The molecule has 0 aromatic heterocycles. The third-order valence-electron chi connectivity index (χ3n) is 5.78. The van der Waals surface area contributed by atoms with Crippen LogP contribution in [0, 0.1) is 23.2 Å². The van der Waals surface area contributed by atoms with Crippen molar-refractivity contribution in [3.63, 3.8) is 0 Å². The number of amides is 1. The predicted octanol–water partition coefficient (Wildman–Crippen LogP) is 5.06. The summed E-state index contributed by atoms with van der Waals surface area (Å²) in [6, 6.07) is 10.6. The molecule has 4 heteroatoms. The Morgan fingerprint density at radius 3 is 2.42 bits per heavy atom. The molecule has 1 saturated carbocycles. The zero-order valence-electron chi connectivity index (χ0n) is 14.3. The molecular weight excluding hydrogens is 341 g/mol. The Kier molecular flexibility index (Phi) is 5.27. The highest BCUT2D eigenvalue weighted by Crippen LogP contribution is 2.60. The molecule has 1 amide bonds. The number of likely N-dealkylation sites (tertiary alicyclic amines) is 1. The maximum absolute atomic E-state index is 12.8. The van der Waals surface area contributed by atoms with Crippen LogP contribution >= 0.6 is 23.2 Å². The molecule has 0 spiro atoms. The number of hydrogen-bond donors (Lipinski definition) is 0. The van der Waals surface area contributed by atoms with E-state index < -0.39 is 0 Å². The number of carbonyl (C=O) groups excluding carboxylic acids is 1.